The van der Waals surface area contributed by atoms with Crippen molar-refractivity contribution < 1.29 is 0 Å². The Morgan fingerprint density at radius 2 is 1.96 bits per heavy atom. The third kappa shape index (κ3) is 3.25. The van der Waals surface area contributed by atoms with Gasteiger partial charge in [0.1, 0.15) is 17.5 Å². The van der Waals surface area contributed by atoms with Crippen molar-refractivity contribution in [3.05, 3.63) is 70.9 Å². The molecule has 0 spiro atoms. The van der Waals surface area contributed by atoms with Gasteiger partial charge in [0.25, 0.3) is 0 Å². The maximum absolute atomic E-state index is 9.35. The number of benzene rings is 1. The average Bonchev–Trinajstić information content (AvgIpc) is 3.04. The lowest BCUT2D eigenvalue weighted by molar-refractivity contribution is 0.733. The summed E-state index contributed by atoms with van der Waals surface area (Å²) in [5.41, 5.74) is 3.36. The van der Waals surface area contributed by atoms with Crippen LogP contribution in [0.5, 0.6) is 0 Å². The zero-order valence-electron chi connectivity index (χ0n) is 13.7. The minimum Gasteiger partial charge on any atom is -0.360 e. The van der Waals surface area contributed by atoms with Crippen LogP contribution in [0.2, 0.25) is 0 Å². The summed E-state index contributed by atoms with van der Waals surface area (Å²) >= 11 is 0. The van der Waals surface area contributed by atoms with Gasteiger partial charge in [0, 0.05) is 18.9 Å². The number of anilines is 1. The average molecular weight is 318 g/mol. The topological polar surface area (TPSA) is 79.4 Å². The van der Waals surface area contributed by atoms with Gasteiger partial charge in [-0.15, -0.1) is 5.10 Å². The second-order valence-electron chi connectivity index (χ2n) is 5.56. The van der Waals surface area contributed by atoms with Crippen LogP contribution in [-0.2, 0) is 13.1 Å². The van der Waals surface area contributed by atoms with E-state index in [2.05, 4.69) is 43.3 Å². The first kappa shape index (κ1) is 15.7. The number of nitrogens with one attached hydrogen (secondary N) is 1. The predicted molar refractivity (Wildman–Crippen MR) is 91.3 cm³/mol. The lowest BCUT2D eigenvalue weighted by Gasteiger charge is -2.11. The van der Waals surface area contributed by atoms with E-state index in [0.29, 0.717) is 17.9 Å². The highest BCUT2D eigenvalue weighted by molar-refractivity contribution is 5.55. The lowest BCUT2D eigenvalue weighted by atomic mass is 10.1. The maximum atomic E-state index is 9.35. The van der Waals surface area contributed by atoms with E-state index >= 15 is 0 Å². The van der Waals surface area contributed by atoms with Crippen LogP contribution in [-0.4, -0.2) is 19.7 Å². The fraction of sp³-hybridized carbons (Fsp3) is 0.222. The number of nitriles is 1. The Morgan fingerprint density at radius 3 is 2.71 bits per heavy atom. The molecule has 0 unspecified atom stereocenters. The Labute approximate surface area is 140 Å². The van der Waals surface area contributed by atoms with Crippen LogP contribution in [0.15, 0.2) is 42.7 Å². The quantitative estimate of drug-likeness (QED) is 0.782. The van der Waals surface area contributed by atoms with Gasteiger partial charge in [0.15, 0.2) is 5.82 Å². The molecule has 0 radical (unpaired) electrons. The van der Waals surface area contributed by atoms with Crippen LogP contribution in [0, 0.1) is 25.2 Å². The molecule has 0 aliphatic carbocycles. The van der Waals surface area contributed by atoms with Crippen LogP contribution in [0.1, 0.15) is 28.2 Å². The van der Waals surface area contributed by atoms with E-state index in [0.717, 1.165) is 23.6 Å². The fourth-order valence-electron chi connectivity index (χ4n) is 2.46. The van der Waals surface area contributed by atoms with Crippen molar-refractivity contribution in [1.29, 1.82) is 5.26 Å². The maximum Gasteiger partial charge on any atom is 0.167 e. The van der Waals surface area contributed by atoms with Gasteiger partial charge >= 0.3 is 0 Å². The van der Waals surface area contributed by atoms with Crippen LogP contribution < -0.4 is 5.32 Å². The van der Waals surface area contributed by atoms with Crippen LogP contribution in [0.3, 0.4) is 0 Å². The summed E-state index contributed by atoms with van der Waals surface area (Å²) in [6.45, 7) is 4.96. The van der Waals surface area contributed by atoms with Crippen molar-refractivity contribution in [2.24, 2.45) is 0 Å². The van der Waals surface area contributed by atoms with Gasteiger partial charge in [-0.25, -0.2) is 4.98 Å². The van der Waals surface area contributed by atoms with Gasteiger partial charge in [0.05, 0.1) is 12.2 Å². The molecule has 120 valence electrons. The number of aromatic nitrogens is 4. The summed E-state index contributed by atoms with van der Waals surface area (Å²) in [6, 6.07) is 12.4. The molecule has 2 heterocycles. The molecule has 3 rings (SSSR count). The largest absolute Gasteiger partial charge is 0.360 e. The zero-order valence-corrected chi connectivity index (χ0v) is 13.7. The van der Waals surface area contributed by atoms with Crippen LogP contribution in [0.25, 0.3) is 0 Å². The molecule has 0 aliphatic rings. The Balaban J connectivity index is 1.76. The third-order valence-electron chi connectivity index (χ3n) is 3.98. The van der Waals surface area contributed by atoms with E-state index in [-0.39, 0.29) is 0 Å². The first-order valence-corrected chi connectivity index (χ1v) is 7.71. The van der Waals surface area contributed by atoms with Crippen molar-refractivity contribution in [2.75, 3.05) is 5.32 Å². The van der Waals surface area contributed by atoms with Gasteiger partial charge in [0.2, 0.25) is 0 Å². The first-order chi connectivity index (χ1) is 11.7. The highest BCUT2D eigenvalue weighted by Gasteiger charge is 2.11. The van der Waals surface area contributed by atoms with Crippen LogP contribution in [0.4, 0.5) is 5.82 Å². The SMILES string of the molecule is Cc1nnc(NCc2nccn2Cc2ccccc2)c(C#N)c1C. The molecule has 0 bridgehead atoms. The molecule has 0 fully saturated rings. The van der Waals surface area contributed by atoms with Crippen molar-refractivity contribution >= 4 is 5.82 Å². The highest BCUT2D eigenvalue weighted by atomic mass is 15.2. The van der Waals surface area contributed by atoms with E-state index in [1.54, 1.807) is 6.20 Å². The lowest BCUT2D eigenvalue weighted by Crippen LogP contribution is -2.12. The molecule has 0 aliphatic heterocycles. The summed E-state index contributed by atoms with van der Waals surface area (Å²) in [7, 11) is 0. The predicted octanol–water partition coefficient (Wildman–Crippen LogP) is 2.82. The molecule has 0 amide bonds. The number of rotatable bonds is 5. The molecule has 0 saturated heterocycles. The van der Waals surface area contributed by atoms with Gasteiger partial charge in [-0.1, -0.05) is 30.3 Å². The highest BCUT2D eigenvalue weighted by Crippen LogP contribution is 2.17. The number of hydrogen-bond donors (Lipinski definition) is 1. The monoisotopic (exact) mass is 318 g/mol. The summed E-state index contributed by atoms with van der Waals surface area (Å²) < 4.78 is 2.07. The number of imidazole rings is 1. The minimum atomic E-state index is 0.478. The standard InChI is InChI=1S/C18H18N6/c1-13-14(2)22-23-18(16(13)10-19)21-11-17-20-8-9-24(17)12-15-6-4-3-5-7-15/h3-9H,11-12H2,1-2H3,(H,21,23). The normalized spacial score (nSPS) is 10.4. The number of nitrogens with zero attached hydrogens (tertiary/aromatic N) is 5. The second-order valence-corrected chi connectivity index (χ2v) is 5.56. The van der Waals surface area contributed by atoms with E-state index < -0.39 is 0 Å². The van der Waals surface area contributed by atoms with E-state index in [1.807, 2.05) is 38.2 Å². The van der Waals surface area contributed by atoms with Crippen molar-refractivity contribution in [1.82, 2.24) is 19.7 Å². The van der Waals surface area contributed by atoms with Gasteiger partial charge in [-0.2, -0.15) is 10.4 Å². The Hall–Kier alpha value is -3.20. The molecule has 6 heteroatoms. The molecule has 6 nitrogen and oxygen atoms in total. The first-order valence-electron chi connectivity index (χ1n) is 7.71. The Kier molecular flexibility index (Phi) is 4.52. The molecule has 1 N–H and O–H groups in total. The van der Waals surface area contributed by atoms with Crippen molar-refractivity contribution in [2.45, 2.75) is 26.9 Å². The van der Waals surface area contributed by atoms with Crippen LogP contribution >= 0.6 is 0 Å². The molecular formula is C18H18N6. The Morgan fingerprint density at radius 1 is 1.17 bits per heavy atom. The summed E-state index contributed by atoms with van der Waals surface area (Å²) in [5.74, 6) is 1.37. The minimum absolute atomic E-state index is 0.478. The van der Waals surface area contributed by atoms with Gasteiger partial charge < -0.3 is 9.88 Å². The van der Waals surface area contributed by atoms with Crippen molar-refractivity contribution in [3.8, 4) is 6.07 Å². The van der Waals surface area contributed by atoms with Gasteiger partial charge in [-0.05, 0) is 25.0 Å². The van der Waals surface area contributed by atoms with E-state index in [9.17, 15) is 5.26 Å². The molecule has 24 heavy (non-hydrogen) atoms. The number of aryl methyl sites for hydroxylation is 1. The fourth-order valence-corrected chi connectivity index (χ4v) is 2.46. The second kappa shape index (κ2) is 6.92. The molecule has 3 aromatic rings. The molecule has 0 atom stereocenters. The number of hydrogen-bond acceptors (Lipinski definition) is 5. The molecule has 1 aromatic carbocycles. The van der Waals surface area contributed by atoms with Crippen molar-refractivity contribution in [3.63, 3.8) is 0 Å². The van der Waals surface area contributed by atoms with Gasteiger partial charge in [-0.3, -0.25) is 0 Å². The molecular weight excluding hydrogens is 300 g/mol. The smallest absolute Gasteiger partial charge is 0.167 e. The van der Waals surface area contributed by atoms with E-state index in [1.165, 1.54) is 5.56 Å². The molecule has 2 aromatic heterocycles. The summed E-state index contributed by atoms with van der Waals surface area (Å²) in [4.78, 5) is 4.39. The third-order valence-corrected chi connectivity index (χ3v) is 3.98. The summed E-state index contributed by atoms with van der Waals surface area (Å²) in [5, 5.41) is 20.7. The summed E-state index contributed by atoms with van der Waals surface area (Å²) in [6.07, 6.45) is 3.72. The molecule has 0 saturated carbocycles. The van der Waals surface area contributed by atoms with E-state index in [4.69, 9.17) is 0 Å². The zero-order chi connectivity index (χ0) is 16.9. The Bertz CT molecular complexity index is 876.